The van der Waals surface area contributed by atoms with Crippen molar-refractivity contribution in [1.82, 2.24) is 19.5 Å². The fourth-order valence-corrected chi connectivity index (χ4v) is 3.82. The highest BCUT2D eigenvalue weighted by atomic mass is 19.4. The maximum Gasteiger partial charge on any atom is 0.433 e. The Morgan fingerprint density at radius 1 is 1.22 bits per heavy atom. The highest BCUT2D eigenvalue weighted by Crippen LogP contribution is 2.32. The van der Waals surface area contributed by atoms with E-state index >= 15 is 0 Å². The van der Waals surface area contributed by atoms with E-state index in [1.54, 1.807) is 42.2 Å². The van der Waals surface area contributed by atoms with Crippen LogP contribution in [0.4, 0.5) is 13.2 Å². The number of likely N-dealkylation sites (tertiary alicyclic amines) is 1. The standard InChI is InChI=1S/C22H23F3N4O3/c1-3-15-10-19(22(23,24)25)29-20(26-15)11-16(27-29)14-8-9-28(12-14)21(30)13-32-18-7-5-4-6-17(18)31-2/h4-7,10-11,14H,3,8-9,12-13H2,1-2H3. The smallest absolute Gasteiger partial charge is 0.433 e. The van der Waals surface area contributed by atoms with E-state index in [-0.39, 0.29) is 24.1 Å². The number of hydrogen-bond acceptors (Lipinski definition) is 5. The minimum Gasteiger partial charge on any atom is -0.493 e. The summed E-state index contributed by atoms with van der Waals surface area (Å²) in [6.07, 6.45) is -3.55. The third-order valence-electron chi connectivity index (χ3n) is 5.53. The summed E-state index contributed by atoms with van der Waals surface area (Å²) in [5, 5.41) is 4.19. The molecule has 0 bridgehead atoms. The molecule has 4 rings (SSSR count). The second-order valence-electron chi connectivity index (χ2n) is 7.59. The van der Waals surface area contributed by atoms with Crippen molar-refractivity contribution < 1.29 is 27.4 Å². The molecule has 0 aliphatic carbocycles. The number of ether oxygens (including phenoxy) is 2. The van der Waals surface area contributed by atoms with E-state index in [9.17, 15) is 18.0 Å². The lowest BCUT2D eigenvalue weighted by molar-refractivity contribution is -0.142. The van der Waals surface area contributed by atoms with Crippen LogP contribution >= 0.6 is 0 Å². The summed E-state index contributed by atoms with van der Waals surface area (Å²) >= 11 is 0. The zero-order valence-electron chi connectivity index (χ0n) is 17.7. The number of methoxy groups -OCH3 is 1. The summed E-state index contributed by atoms with van der Waals surface area (Å²) in [6, 6.07) is 9.65. The van der Waals surface area contributed by atoms with Crippen LogP contribution in [0.15, 0.2) is 36.4 Å². The number of halogens is 3. The number of hydrogen-bond donors (Lipinski definition) is 0. The van der Waals surface area contributed by atoms with Gasteiger partial charge in [0.05, 0.1) is 12.8 Å². The first-order valence-electron chi connectivity index (χ1n) is 10.3. The lowest BCUT2D eigenvalue weighted by Crippen LogP contribution is -2.32. The first-order valence-corrected chi connectivity index (χ1v) is 10.3. The van der Waals surface area contributed by atoms with E-state index in [1.165, 1.54) is 7.11 Å². The van der Waals surface area contributed by atoms with Gasteiger partial charge < -0.3 is 14.4 Å². The number of fused-ring (bicyclic) bond motifs is 1. The number of carbonyl (C=O) groups is 1. The molecule has 0 radical (unpaired) electrons. The average Bonchev–Trinajstić information content (AvgIpc) is 3.43. The maximum absolute atomic E-state index is 13.5. The van der Waals surface area contributed by atoms with E-state index < -0.39 is 11.9 Å². The second-order valence-corrected chi connectivity index (χ2v) is 7.59. The fraction of sp³-hybridized carbons (Fsp3) is 0.409. The quantitative estimate of drug-likeness (QED) is 0.575. The van der Waals surface area contributed by atoms with E-state index in [4.69, 9.17) is 9.47 Å². The highest BCUT2D eigenvalue weighted by Gasteiger charge is 2.36. The molecule has 3 heterocycles. The van der Waals surface area contributed by atoms with Gasteiger partial charge in [-0.25, -0.2) is 9.50 Å². The highest BCUT2D eigenvalue weighted by molar-refractivity contribution is 5.78. The molecule has 1 unspecified atom stereocenters. The van der Waals surface area contributed by atoms with Gasteiger partial charge in [0.2, 0.25) is 0 Å². The predicted octanol–water partition coefficient (Wildman–Crippen LogP) is 3.71. The Bertz CT molecular complexity index is 1130. The molecule has 3 aromatic rings. The third-order valence-corrected chi connectivity index (χ3v) is 5.53. The normalized spacial score (nSPS) is 16.5. The Balaban J connectivity index is 1.47. The molecule has 1 fully saturated rings. The maximum atomic E-state index is 13.5. The second kappa shape index (κ2) is 8.68. The number of aryl methyl sites for hydroxylation is 1. The molecule has 1 amide bonds. The lowest BCUT2D eigenvalue weighted by atomic mass is 10.1. The third kappa shape index (κ3) is 4.35. The van der Waals surface area contributed by atoms with Gasteiger partial charge >= 0.3 is 6.18 Å². The molecule has 1 aromatic carbocycles. The molecule has 0 saturated carbocycles. The molecule has 1 aliphatic heterocycles. The predicted molar refractivity (Wildman–Crippen MR) is 110 cm³/mol. The number of benzene rings is 1. The van der Waals surface area contributed by atoms with Crippen molar-refractivity contribution in [2.24, 2.45) is 0 Å². The number of rotatable bonds is 6. The van der Waals surface area contributed by atoms with Crippen LogP contribution in [0.3, 0.4) is 0 Å². The van der Waals surface area contributed by atoms with Gasteiger partial charge in [0.1, 0.15) is 5.69 Å². The van der Waals surface area contributed by atoms with Crippen molar-refractivity contribution in [2.45, 2.75) is 31.9 Å². The SMILES string of the molecule is CCc1cc(C(F)(F)F)n2nc(C3CCN(C(=O)COc4ccccc4OC)C3)cc2n1. The fourth-order valence-electron chi connectivity index (χ4n) is 3.82. The largest absolute Gasteiger partial charge is 0.493 e. The minimum atomic E-state index is -4.54. The van der Waals surface area contributed by atoms with Crippen molar-refractivity contribution in [3.05, 3.63) is 53.5 Å². The monoisotopic (exact) mass is 448 g/mol. The Hall–Kier alpha value is -3.30. The van der Waals surface area contributed by atoms with Crippen LogP contribution < -0.4 is 9.47 Å². The first kappa shape index (κ1) is 21.9. The van der Waals surface area contributed by atoms with Crippen molar-refractivity contribution >= 4 is 11.6 Å². The van der Waals surface area contributed by atoms with Gasteiger partial charge in [0, 0.05) is 30.8 Å². The average molecular weight is 448 g/mol. The van der Waals surface area contributed by atoms with Gasteiger partial charge in [-0.15, -0.1) is 0 Å². The van der Waals surface area contributed by atoms with Gasteiger partial charge in [0.25, 0.3) is 5.91 Å². The van der Waals surface area contributed by atoms with Gasteiger partial charge in [-0.05, 0) is 31.0 Å². The van der Waals surface area contributed by atoms with E-state index in [0.29, 0.717) is 48.8 Å². The summed E-state index contributed by atoms with van der Waals surface area (Å²) in [6.45, 7) is 2.44. The number of nitrogens with zero attached hydrogens (tertiary/aromatic N) is 4. The Kier molecular flexibility index (Phi) is 5.94. The lowest BCUT2D eigenvalue weighted by Gasteiger charge is -2.17. The van der Waals surface area contributed by atoms with E-state index in [2.05, 4.69) is 10.1 Å². The molecule has 1 atom stereocenters. The molecular weight excluding hydrogens is 425 g/mol. The summed E-state index contributed by atoms with van der Waals surface area (Å²) in [4.78, 5) is 18.5. The van der Waals surface area contributed by atoms with Gasteiger partial charge in [-0.2, -0.15) is 18.3 Å². The Morgan fingerprint density at radius 3 is 2.66 bits per heavy atom. The van der Waals surface area contributed by atoms with Crippen molar-refractivity contribution in [2.75, 3.05) is 26.8 Å². The summed E-state index contributed by atoms with van der Waals surface area (Å²) in [5.41, 5.74) is 0.169. The molecular formula is C22H23F3N4O3. The molecule has 0 spiro atoms. The van der Waals surface area contributed by atoms with Gasteiger partial charge in [-0.1, -0.05) is 19.1 Å². The number of para-hydroxylation sites is 2. The number of carbonyl (C=O) groups excluding carboxylic acids is 1. The van der Waals surface area contributed by atoms with Crippen LogP contribution in [-0.2, 0) is 17.4 Å². The summed E-state index contributed by atoms with van der Waals surface area (Å²) in [5.74, 6) is 0.628. The number of alkyl halides is 3. The van der Waals surface area contributed by atoms with E-state index in [1.807, 2.05) is 0 Å². The molecule has 10 heteroatoms. The topological polar surface area (TPSA) is 69.0 Å². The molecule has 7 nitrogen and oxygen atoms in total. The zero-order chi connectivity index (χ0) is 22.9. The molecule has 0 N–H and O–H groups in total. The first-order chi connectivity index (χ1) is 15.3. The molecule has 32 heavy (non-hydrogen) atoms. The Morgan fingerprint density at radius 2 is 1.97 bits per heavy atom. The molecule has 1 saturated heterocycles. The van der Waals surface area contributed by atoms with Gasteiger partial charge in [0.15, 0.2) is 23.8 Å². The van der Waals surface area contributed by atoms with Crippen LogP contribution in [0.25, 0.3) is 5.65 Å². The number of amides is 1. The molecule has 2 aromatic heterocycles. The van der Waals surface area contributed by atoms with E-state index in [0.717, 1.165) is 10.6 Å². The van der Waals surface area contributed by atoms with Crippen molar-refractivity contribution in [1.29, 1.82) is 0 Å². The molecule has 1 aliphatic rings. The van der Waals surface area contributed by atoms with Crippen LogP contribution in [0.1, 0.15) is 36.3 Å². The van der Waals surface area contributed by atoms with Crippen LogP contribution in [-0.4, -0.2) is 52.2 Å². The Labute approximate surface area is 182 Å². The zero-order valence-corrected chi connectivity index (χ0v) is 17.7. The number of aromatic nitrogens is 3. The summed E-state index contributed by atoms with van der Waals surface area (Å²) < 4.78 is 52.2. The van der Waals surface area contributed by atoms with Gasteiger partial charge in [-0.3, -0.25) is 4.79 Å². The van der Waals surface area contributed by atoms with Crippen LogP contribution in [0.5, 0.6) is 11.5 Å². The van der Waals surface area contributed by atoms with Crippen LogP contribution in [0.2, 0.25) is 0 Å². The minimum absolute atomic E-state index is 0.155. The van der Waals surface area contributed by atoms with Crippen molar-refractivity contribution in [3.63, 3.8) is 0 Å². The van der Waals surface area contributed by atoms with Crippen molar-refractivity contribution in [3.8, 4) is 11.5 Å². The van der Waals surface area contributed by atoms with Crippen LogP contribution in [0, 0.1) is 0 Å². The summed E-state index contributed by atoms with van der Waals surface area (Å²) in [7, 11) is 1.52. The molecule has 170 valence electrons.